The first-order valence-corrected chi connectivity index (χ1v) is 7.04. The first-order chi connectivity index (χ1) is 10.0. The van der Waals surface area contributed by atoms with E-state index >= 15 is 0 Å². The number of carboxylic acid groups (broad SMARTS) is 1. The molecule has 2 N–H and O–H groups in total. The maximum Gasteiger partial charge on any atom is 0.328 e. The lowest BCUT2D eigenvalue weighted by Crippen LogP contribution is -2.53. The summed E-state index contributed by atoms with van der Waals surface area (Å²) >= 11 is 3.32. The molecule has 1 atom stereocenters. The van der Waals surface area contributed by atoms with Crippen molar-refractivity contribution in [3.8, 4) is 5.75 Å². The predicted molar refractivity (Wildman–Crippen MR) is 78.7 cm³/mol. The Morgan fingerprint density at radius 3 is 2.90 bits per heavy atom. The van der Waals surface area contributed by atoms with E-state index in [-0.39, 0.29) is 13.2 Å². The number of carbonyl (C=O) groups excluding carboxylic acids is 1. The fraction of sp³-hybridized carbons (Fsp3) is 0.385. The van der Waals surface area contributed by atoms with Crippen LogP contribution in [0, 0.1) is 0 Å². The van der Waals surface area contributed by atoms with Crippen molar-refractivity contribution in [1.29, 1.82) is 0 Å². The van der Waals surface area contributed by atoms with Crippen molar-refractivity contribution in [2.45, 2.75) is 6.04 Å². The molecule has 1 fully saturated rings. The molecule has 1 aliphatic rings. The topological polar surface area (TPSA) is 88.1 Å². The van der Waals surface area contributed by atoms with E-state index in [1.807, 2.05) is 0 Å². The van der Waals surface area contributed by atoms with Gasteiger partial charge in [-0.15, -0.1) is 0 Å². The predicted octanol–water partition coefficient (Wildman–Crippen LogP) is 1.77. The molecule has 0 spiro atoms. The van der Waals surface area contributed by atoms with Crippen molar-refractivity contribution in [2.75, 3.05) is 32.2 Å². The lowest BCUT2D eigenvalue weighted by Gasteiger charge is -2.32. The lowest BCUT2D eigenvalue weighted by atomic mass is 10.2. The molecule has 0 aliphatic carbocycles. The van der Waals surface area contributed by atoms with Gasteiger partial charge in [0.05, 0.1) is 24.8 Å². The van der Waals surface area contributed by atoms with Gasteiger partial charge in [0.25, 0.3) is 0 Å². The maximum atomic E-state index is 12.2. The number of hydrogen-bond acceptors (Lipinski definition) is 4. The number of benzene rings is 1. The van der Waals surface area contributed by atoms with E-state index in [1.165, 1.54) is 4.90 Å². The number of morpholine rings is 1. The van der Waals surface area contributed by atoms with Gasteiger partial charge in [0.1, 0.15) is 5.75 Å². The van der Waals surface area contributed by atoms with E-state index in [0.717, 1.165) is 0 Å². The molecule has 1 aromatic carbocycles. The number of hydrogen-bond donors (Lipinski definition) is 2. The number of amides is 2. The average Bonchev–Trinajstić information content (AvgIpc) is 2.47. The number of urea groups is 1. The molecule has 2 amide bonds. The van der Waals surface area contributed by atoms with Gasteiger partial charge in [0, 0.05) is 12.2 Å². The van der Waals surface area contributed by atoms with Crippen LogP contribution in [0.5, 0.6) is 5.75 Å². The van der Waals surface area contributed by atoms with Crippen molar-refractivity contribution in [1.82, 2.24) is 4.90 Å². The number of nitrogens with zero attached hydrogens (tertiary/aromatic N) is 1. The van der Waals surface area contributed by atoms with E-state index in [2.05, 4.69) is 21.2 Å². The highest BCUT2D eigenvalue weighted by molar-refractivity contribution is 9.10. The van der Waals surface area contributed by atoms with Crippen LogP contribution in [0.25, 0.3) is 0 Å². The van der Waals surface area contributed by atoms with Gasteiger partial charge in [-0.3, -0.25) is 0 Å². The van der Waals surface area contributed by atoms with E-state index in [1.54, 1.807) is 25.3 Å². The second-order valence-electron chi connectivity index (χ2n) is 4.40. The summed E-state index contributed by atoms with van der Waals surface area (Å²) in [4.78, 5) is 24.6. The summed E-state index contributed by atoms with van der Waals surface area (Å²) in [5.41, 5.74) is 0.545. The largest absolute Gasteiger partial charge is 0.496 e. The molecule has 8 heteroatoms. The van der Waals surface area contributed by atoms with Crippen LogP contribution < -0.4 is 10.1 Å². The Bertz CT molecular complexity index is 551. The number of carboxylic acids is 1. The van der Waals surface area contributed by atoms with Crippen molar-refractivity contribution in [2.24, 2.45) is 0 Å². The molecule has 21 heavy (non-hydrogen) atoms. The van der Waals surface area contributed by atoms with E-state index in [4.69, 9.17) is 14.6 Å². The number of anilines is 1. The number of carbonyl (C=O) groups is 2. The summed E-state index contributed by atoms with van der Waals surface area (Å²) in [6.07, 6.45) is 0. The normalized spacial score (nSPS) is 18.2. The molecule has 1 aromatic rings. The summed E-state index contributed by atoms with van der Waals surface area (Å²) in [5, 5.41) is 11.8. The van der Waals surface area contributed by atoms with Crippen molar-refractivity contribution in [3.63, 3.8) is 0 Å². The first-order valence-electron chi connectivity index (χ1n) is 6.24. The quantitative estimate of drug-likeness (QED) is 0.859. The zero-order chi connectivity index (χ0) is 15.4. The second-order valence-corrected chi connectivity index (χ2v) is 5.26. The van der Waals surface area contributed by atoms with Crippen LogP contribution >= 0.6 is 15.9 Å². The summed E-state index contributed by atoms with van der Waals surface area (Å²) < 4.78 is 10.9. The number of ether oxygens (including phenoxy) is 2. The lowest BCUT2D eigenvalue weighted by molar-refractivity contribution is -0.147. The Morgan fingerprint density at radius 1 is 1.52 bits per heavy atom. The molecule has 0 radical (unpaired) electrons. The zero-order valence-electron chi connectivity index (χ0n) is 11.3. The van der Waals surface area contributed by atoms with Gasteiger partial charge in [-0.2, -0.15) is 0 Å². The molecular weight excluding hydrogens is 344 g/mol. The fourth-order valence-electron chi connectivity index (χ4n) is 1.99. The van der Waals surface area contributed by atoms with Gasteiger partial charge >= 0.3 is 12.0 Å². The highest BCUT2D eigenvalue weighted by Gasteiger charge is 2.32. The molecular formula is C13H15BrN2O5. The van der Waals surface area contributed by atoms with Gasteiger partial charge in [0.2, 0.25) is 0 Å². The van der Waals surface area contributed by atoms with Crippen LogP contribution in [0.15, 0.2) is 22.7 Å². The Labute approximate surface area is 130 Å². The number of halogens is 1. The van der Waals surface area contributed by atoms with Crippen LogP contribution in [0.2, 0.25) is 0 Å². The van der Waals surface area contributed by atoms with E-state index in [0.29, 0.717) is 22.5 Å². The molecule has 0 saturated carbocycles. The number of methoxy groups -OCH3 is 1. The Balaban J connectivity index is 2.09. The minimum atomic E-state index is -1.08. The highest BCUT2D eigenvalue weighted by atomic mass is 79.9. The minimum Gasteiger partial charge on any atom is -0.496 e. The molecule has 1 heterocycles. The molecule has 7 nitrogen and oxygen atoms in total. The van der Waals surface area contributed by atoms with Gasteiger partial charge in [-0.05, 0) is 34.1 Å². The fourth-order valence-corrected chi connectivity index (χ4v) is 2.53. The van der Waals surface area contributed by atoms with Gasteiger partial charge < -0.3 is 24.8 Å². The highest BCUT2D eigenvalue weighted by Crippen LogP contribution is 2.28. The molecule has 2 rings (SSSR count). The van der Waals surface area contributed by atoms with Gasteiger partial charge in [0.15, 0.2) is 6.04 Å². The summed E-state index contributed by atoms with van der Waals surface area (Å²) in [6.45, 7) is 0.554. The van der Waals surface area contributed by atoms with Crippen LogP contribution in [0.1, 0.15) is 0 Å². The summed E-state index contributed by atoms with van der Waals surface area (Å²) in [6, 6.07) is 3.63. The van der Waals surface area contributed by atoms with Crippen molar-refractivity contribution >= 4 is 33.6 Å². The number of aliphatic carboxylic acids is 1. The third-order valence-electron chi connectivity index (χ3n) is 3.08. The van der Waals surface area contributed by atoms with Crippen LogP contribution in [-0.4, -0.2) is 54.9 Å². The van der Waals surface area contributed by atoms with Crippen molar-refractivity contribution < 1.29 is 24.2 Å². The Morgan fingerprint density at radius 2 is 2.29 bits per heavy atom. The molecule has 1 saturated heterocycles. The van der Waals surface area contributed by atoms with Crippen LogP contribution in [-0.2, 0) is 9.53 Å². The SMILES string of the molecule is COc1ccc(NC(=O)N2CCOCC2C(=O)O)cc1Br. The third-order valence-corrected chi connectivity index (χ3v) is 3.70. The van der Waals surface area contributed by atoms with Gasteiger partial charge in [-0.1, -0.05) is 0 Å². The van der Waals surface area contributed by atoms with Crippen LogP contribution in [0.4, 0.5) is 10.5 Å². The zero-order valence-corrected chi connectivity index (χ0v) is 12.9. The standard InChI is InChI=1S/C13H15BrN2O5/c1-20-11-3-2-8(6-9(11)14)15-13(19)16-4-5-21-7-10(16)12(17)18/h2-3,6,10H,4-5,7H2,1H3,(H,15,19)(H,17,18). The maximum absolute atomic E-state index is 12.2. The van der Waals surface area contributed by atoms with E-state index < -0.39 is 18.0 Å². The second kappa shape index (κ2) is 6.77. The van der Waals surface area contributed by atoms with E-state index in [9.17, 15) is 9.59 Å². The third kappa shape index (κ3) is 3.64. The summed E-state index contributed by atoms with van der Waals surface area (Å²) in [7, 11) is 1.55. The molecule has 114 valence electrons. The Kier molecular flexibility index (Phi) is 5.03. The average molecular weight is 359 g/mol. The monoisotopic (exact) mass is 358 g/mol. The minimum absolute atomic E-state index is 0.00490. The van der Waals surface area contributed by atoms with Crippen molar-refractivity contribution in [3.05, 3.63) is 22.7 Å². The first kappa shape index (κ1) is 15.6. The Hall–Kier alpha value is -1.80. The molecule has 1 aliphatic heterocycles. The smallest absolute Gasteiger partial charge is 0.328 e. The molecule has 1 unspecified atom stereocenters. The summed E-state index contributed by atoms with van der Waals surface area (Å²) in [5.74, 6) is -0.441. The van der Waals surface area contributed by atoms with Crippen LogP contribution in [0.3, 0.4) is 0 Å². The molecule has 0 bridgehead atoms. The number of rotatable bonds is 3. The molecule has 0 aromatic heterocycles. The number of nitrogens with one attached hydrogen (secondary N) is 1. The van der Waals surface area contributed by atoms with Gasteiger partial charge in [-0.25, -0.2) is 9.59 Å².